The van der Waals surface area contributed by atoms with Crippen LogP contribution >= 0.6 is 0 Å². The largest absolute Gasteiger partial charge is 0.310 e. The Balaban J connectivity index is 1.78. The summed E-state index contributed by atoms with van der Waals surface area (Å²) in [4.78, 5) is 4.06. The minimum atomic E-state index is 0.440. The third kappa shape index (κ3) is 3.81. The second-order valence-corrected chi connectivity index (χ2v) is 5.55. The van der Waals surface area contributed by atoms with Gasteiger partial charge in [0, 0.05) is 18.4 Å². The molecular formula is C15H24N2. The Morgan fingerprint density at radius 3 is 2.82 bits per heavy atom. The van der Waals surface area contributed by atoms with Crippen molar-refractivity contribution in [3.63, 3.8) is 0 Å². The Morgan fingerprint density at radius 2 is 2.12 bits per heavy atom. The highest BCUT2D eigenvalue weighted by Gasteiger charge is 2.19. The molecule has 0 radical (unpaired) electrons. The molecule has 1 aromatic rings. The molecule has 0 saturated heterocycles. The molecule has 94 valence electrons. The molecule has 3 atom stereocenters. The van der Waals surface area contributed by atoms with Crippen LogP contribution in [-0.4, -0.2) is 11.5 Å². The molecular weight excluding hydrogens is 208 g/mol. The van der Waals surface area contributed by atoms with Gasteiger partial charge in [-0.15, -0.1) is 0 Å². The van der Waals surface area contributed by atoms with Crippen molar-refractivity contribution in [1.29, 1.82) is 0 Å². The van der Waals surface area contributed by atoms with Crippen LogP contribution in [-0.2, 0) is 0 Å². The molecule has 2 rings (SSSR count). The summed E-state index contributed by atoms with van der Waals surface area (Å²) in [7, 11) is 0. The van der Waals surface area contributed by atoms with Gasteiger partial charge in [-0.1, -0.05) is 19.8 Å². The fraction of sp³-hybridized carbons (Fsp3) is 0.667. The van der Waals surface area contributed by atoms with Gasteiger partial charge in [-0.2, -0.15) is 0 Å². The Hall–Kier alpha value is -0.890. The lowest BCUT2D eigenvalue weighted by Crippen LogP contribution is -2.28. The number of nitrogens with one attached hydrogen (secondary N) is 1. The Kier molecular flexibility index (Phi) is 4.55. The van der Waals surface area contributed by atoms with Gasteiger partial charge < -0.3 is 5.32 Å². The third-order valence-corrected chi connectivity index (χ3v) is 3.96. The van der Waals surface area contributed by atoms with Crippen molar-refractivity contribution >= 4 is 0 Å². The van der Waals surface area contributed by atoms with E-state index < -0.39 is 0 Å². The average molecular weight is 232 g/mol. The quantitative estimate of drug-likeness (QED) is 0.858. The lowest BCUT2D eigenvalue weighted by Gasteiger charge is -2.28. The van der Waals surface area contributed by atoms with Crippen molar-refractivity contribution < 1.29 is 0 Å². The van der Waals surface area contributed by atoms with E-state index in [-0.39, 0.29) is 0 Å². The van der Waals surface area contributed by atoms with Crippen LogP contribution in [0.4, 0.5) is 0 Å². The second kappa shape index (κ2) is 6.15. The summed E-state index contributed by atoms with van der Waals surface area (Å²) < 4.78 is 0. The van der Waals surface area contributed by atoms with E-state index in [0.717, 1.165) is 18.4 Å². The number of rotatable bonds is 4. The molecule has 2 unspecified atom stereocenters. The van der Waals surface area contributed by atoms with Gasteiger partial charge >= 0.3 is 0 Å². The van der Waals surface area contributed by atoms with Gasteiger partial charge in [-0.3, -0.25) is 4.98 Å². The fourth-order valence-electron chi connectivity index (χ4n) is 2.86. The fourth-order valence-corrected chi connectivity index (χ4v) is 2.86. The van der Waals surface area contributed by atoms with E-state index in [0.29, 0.717) is 6.04 Å². The molecule has 0 spiro atoms. The van der Waals surface area contributed by atoms with Crippen LogP contribution in [0.5, 0.6) is 0 Å². The minimum absolute atomic E-state index is 0.440. The molecule has 2 nitrogen and oxygen atoms in total. The lowest BCUT2D eigenvalue weighted by molar-refractivity contribution is 0.268. The minimum Gasteiger partial charge on any atom is -0.310 e. The molecule has 1 aromatic heterocycles. The van der Waals surface area contributed by atoms with E-state index in [9.17, 15) is 0 Å². The summed E-state index contributed by atoms with van der Waals surface area (Å²) in [6.45, 7) is 5.79. The highest BCUT2D eigenvalue weighted by atomic mass is 14.9. The Labute approximate surface area is 105 Å². The van der Waals surface area contributed by atoms with Gasteiger partial charge in [-0.05, 0) is 55.8 Å². The summed E-state index contributed by atoms with van der Waals surface area (Å²) >= 11 is 0. The maximum atomic E-state index is 4.06. The highest BCUT2D eigenvalue weighted by molar-refractivity contribution is 5.13. The first kappa shape index (κ1) is 12.6. The highest BCUT2D eigenvalue weighted by Crippen LogP contribution is 2.28. The number of hydrogen-bond donors (Lipinski definition) is 1. The van der Waals surface area contributed by atoms with Crippen molar-refractivity contribution in [2.24, 2.45) is 11.8 Å². The van der Waals surface area contributed by atoms with Crippen LogP contribution in [0.2, 0.25) is 0 Å². The van der Waals surface area contributed by atoms with Gasteiger partial charge in [0.25, 0.3) is 0 Å². The molecule has 1 saturated carbocycles. The van der Waals surface area contributed by atoms with Crippen LogP contribution in [0.1, 0.15) is 51.1 Å². The van der Waals surface area contributed by atoms with Crippen LogP contribution < -0.4 is 5.32 Å². The summed E-state index contributed by atoms with van der Waals surface area (Å²) in [5.41, 5.74) is 1.34. The molecule has 17 heavy (non-hydrogen) atoms. The van der Waals surface area contributed by atoms with Gasteiger partial charge in [0.2, 0.25) is 0 Å². The number of pyridine rings is 1. The number of nitrogens with zero attached hydrogens (tertiary/aromatic N) is 1. The third-order valence-electron chi connectivity index (χ3n) is 3.96. The molecule has 1 heterocycles. The van der Waals surface area contributed by atoms with Crippen molar-refractivity contribution in [3.8, 4) is 0 Å². The van der Waals surface area contributed by atoms with Crippen LogP contribution in [0.25, 0.3) is 0 Å². The maximum Gasteiger partial charge on any atom is 0.0293 e. The van der Waals surface area contributed by atoms with Crippen molar-refractivity contribution in [2.45, 2.75) is 45.6 Å². The predicted octanol–water partition coefficient (Wildman–Crippen LogP) is 3.56. The first-order chi connectivity index (χ1) is 8.25. The molecule has 1 N–H and O–H groups in total. The lowest BCUT2D eigenvalue weighted by atomic mass is 9.82. The zero-order chi connectivity index (χ0) is 12.1. The van der Waals surface area contributed by atoms with E-state index in [1.54, 1.807) is 0 Å². The Morgan fingerprint density at radius 1 is 1.35 bits per heavy atom. The van der Waals surface area contributed by atoms with E-state index in [2.05, 4.69) is 36.3 Å². The zero-order valence-corrected chi connectivity index (χ0v) is 11.0. The summed E-state index contributed by atoms with van der Waals surface area (Å²) in [5.74, 6) is 1.80. The smallest absolute Gasteiger partial charge is 0.0293 e. The zero-order valence-electron chi connectivity index (χ0n) is 11.0. The van der Waals surface area contributed by atoms with Crippen LogP contribution in [0.3, 0.4) is 0 Å². The van der Waals surface area contributed by atoms with Gasteiger partial charge in [-0.25, -0.2) is 0 Å². The SMILES string of the molecule is CC1CCCC(CN[C@H](C)c2ccncc2)C1. The van der Waals surface area contributed by atoms with E-state index in [4.69, 9.17) is 0 Å². The molecule has 2 heteroatoms. The molecule has 0 amide bonds. The van der Waals surface area contributed by atoms with Gasteiger partial charge in [0.1, 0.15) is 0 Å². The molecule has 0 aliphatic heterocycles. The first-order valence-corrected chi connectivity index (χ1v) is 6.89. The molecule has 0 bridgehead atoms. The van der Waals surface area contributed by atoms with Gasteiger partial charge in [0.15, 0.2) is 0 Å². The Bertz CT molecular complexity index is 323. The van der Waals surface area contributed by atoms with Crippen molar-refractivity contribution in [3.05, 3.63) is 30.1 Å². The normalized spacial score (nSPS) is 26.7. The molecule has 1 fully saturated rings. The first-order valence-electron chi connectivity index (χ1n) is 6.89. The summed E-state index contributed by atoms with van der Waals surface area (Å²) in [6, 6.07) is 4.64. The molecule has 0 aromatic carbocycles. The summed E-state index contributed by atoms with van der Waals surface area (Å²) in [5, 5.41) is 3.66. The van der Waals surface area contributed by atoms with E-state index in [1.165, 1.54) is 31.2 Å². The standard InChI is InChI=1S/C15H24N2/c1-12-4-3-5-14(10-12)11-17-13(2)15-6-8-16-9-7-15/h6-9,12-14,17H,3-5,10-11H2,1-2H3/t12?,13-,14?/m1/s1. The average Bonchev–Trinajstić information content (AvgIpc) is 2.37. The van der Waals surface area contributed by atoms with Gasteiger partial charge in [0.05, 0.1) is 0 Å². The topological polar surface area (TPSA) is 24.9 Å². The van der Waals surface area contributed by atoms with E-state index >= 15 is 0 Å². The van der Waals surface area contributed by atoms with Crippen molar-refractivity contribution in [2.75, 3.05) is 6.54 Å². The molecule has 1 aliphatic rings. The van der Waals surface area contributed by atoms with E-state index in [1.807, 2.05) is 12.4 Å². The number of aromatic nitrogens is 1. The summed E-state index contributed by atoms with van der Waals surface area (Å²) in [6.07, 6.45) is 9.39. The molecule has 1 aliphatic carbocycles. The number of hydrogen-bond acceptors (Lipinski definition) is 2. The monoisotopic (exact) mass is 232 g/mol. The van der Waals surface area contributed by atoms with Crippen molar-refractivity contribution in [1.82, 2.24) is 10.3 Å². The maximum absolute atomic E-state index is 4.06. The van der Waals surface area contributed by atoms with Crippen LogP contribution in [0, 0.1) is 11.8 Å². The predicted molar refractivity (Wildman–Crippen MR) is 71.8 cm³/mol. The second-order valence-electron chi connectivity index (χ2n) is 5.55. The van der Waals surface area contributed by atoms with Crippen LogP contribution in [0.15, 0.2) is 24.5 Å².